The zero-order valence-electron chi connectivity index (χ0n) is 9.23. The van der Waals surface area contributed by atoms with Crippen LogP contribution in [-0.2, 0) is 10.0 Å². The summed E-state index contributed by atoms with van der Waals surface area (Å²) in [5.74, 6) is 0. The Balaban J connectivity index is 2.94. The Bertz CT molecular complexity index is 481. The first-order valence-corrected chi connectivity index (χ1v) is 6.42. The smallest absolute Gasteiger partial charge is 0.242 e. The number of hydrogen-bond donors (Lipinski definition) is 2. The van der Waals surface area contributed by atoms with Crippen LogP contribution >= 0.6 is 0 Å². The highest BCUT2D eigenvalue weighted by Gasteiger charge is 2.16. The molecule has 0 bridgehead atoms. The summed E-state index contributed by atoms with van der Waals surface area (Å²) < 4.78 is 26.1. The van der Waals surface area contributed by atoms with Gasteiger partial charge in [-0.15, -0.1) is 6.58 Å². The minimum Gasteiger partial charge on any atom is -0.398 e. The molecule has 0 heterocycles. The van der Waals surface area contributed by atoms with Crippen molar-refractivity contribution in [3.05, 3.63) is 36.4 Å². The summed E-state index contributed by atoms with van der Waals surface area (Å²) in [6.45, 7) is 5.71. The Morgan fingerprint density at radius 3 is 2.75 bits per heavy atom. The van der Waals surface area contributed by atoms with Crippen LogP contribution in [0.25, 0.3) is 0 Å². The minimum absolute atomic E-state index is 0.127. The second-order valence-electron chi connectivity index (χ2n) is 3.52. The average Bonchev–Trinajstić information content (AvgIpc) is 2.17. The highest BCUT2D eigenvalue weighted by atomic mass is 32.2. The fourth-order valence-electron chi connectivity index (χ4n) is 1.29. The summed E-state index contributed by atoms with van der Waals surface area (Å²) in [6, 6.07) is 4.88. The summed E-state index contributed by atoms with van der Waals surface area (Å²) >= 11 is 0. The minimum atomic E-state index is -3.50. The predicted octanol–water partition coefficient (Wildman–Crippen LogP) is 1.43. The first kappa shape index (κ1) is 12.7. The number of nitrogens with one attached hydrogen (secondary N) is 1. The summed E-state index contributed by atoms with van der Waals surface area (Å²) in [5, 5.41) is 0. The highest BCUT2D eigenvalue weighted by Crippen LogP contribution is 2.18. The van der Waals surface area contributed by atoms with Crippen LogP contribution in [0.3, 0.4) is 0 Å². The molecule has 0 atom stereocenters. The van der Waals surface area contributed by atoms with E-state index in [-0.39, 0.29) is 10.6 Å². The fourth-order valence-corrected chi connectivity index (χ4v) is 2.44. The Morgan fingerprint density at radius 2 is 2.19 bits per heavy atom. The molecule has 0 aliphatic rings. The van der Waals surface area contributed by atoms with Crippen molar-refractivity contribution in [1.29, 1.82) is 0 Å². The van der Waals surface area contributed by atoms with Gasteiger partial charge in [-0.2, -0.15) is 0 Å². The lowest BCUT2D eigenvalue weighted by molar-refractivity contribution is 0.582. The van der Waals surface area contributed by atoms with E-state index >= 15 is 0 Å². The van der Waals surface area contributed by atoms with Crippen LogP contribution in [0, 0.1) is 6.92 Å². The third kappa shape index (κ3) is 3.08. The second kappa shape index (κ2) is 5.14. The van der Waals surface area contributed by atoms with Crippen LogP contribution in [0.4, 0.5) is 5.69 Å². The van der Waals surface area contributed by atoms with Crippen LogP contribution < -0.4 is 10.5 Å². The van der Waals surface area contributed by atoms with Gasteiger partial charge in [0.2, 0.25) is 10.0 Å². The van der Waals surface area contributed by atoms with Gasteiger partial charge in [0.1, 0.15) is 4.90 Å². The number of nitrogens with two attached hydrogens (primary N) is 1. The molecular formula is C11H16N2O2S. The van der Waals surface area contributed by atoms with Gasteiger partial charge in [0.25, 0.3) is 0 Å². The van der Waals surface area contributed by atoms with Crippen LogP contribution in [0.15, 0.2) is 35.7 Å². The predicted molar refractivity (Wildman–Crippen MR) is 65.6 cm³/mol. The topological polar surface area (TPSA) is 72.2 Å². The van der Waals surface area contributed by atoms with E-state index in [4.69, 9.17) is 5.73 Å². The molecular weight excluding hydrogens is 224 g/mol. The molecule has 1 aromatic rings. The van der Waals surface area contributed by atoms with E-state index in [1.54, 1.807) is 18.2 Å². The third-order valence-corrected chi connectivity index (χ3v) is 3.63. The number of sulfonamides is 1. The van der Waals surface area contributed by atoms with E-state index in [1.165, 1.54) is 6.07 Å². The number of rotatable bonds is 5. The summed E-state index contributed by atoms with van der Waals surface area (Å²) in [4.78, 5) is 0.127. The van der Waals surface area contributed by atoms with Gasteiger partial charge in [-0.25, -0.2) is 13.1 Å². The van der Waals surface area contributed by atoms with Gasteiger partial charge in [-0.1, -0.05) is 12.1 Å². The van der Waals surface area contributed by atoms with Gasteiger partial charge in [-0.05, 0) is 31.0 Å². The van der Waals surface area contributed by atoms with E-state index in [9.17, 15) is 8.42 Å². The van der Waals surface area contributed by atoms with E-state index in [0.29, 0.717) is 13.0 Å². The molecule has 1 rings (SSSR count). The van der Waals surface area contributed by atoms with Crippen molar-refractivity contribution in [3.8, 4) is 0 Å². The Kier molecular flexibility index (Phi) is 4.09. The fraction of sp³-hybridized carbons (Fsp3) is 0.273. The molecule has 0 radical (unpaired) electrons. The third-order valence-electron chi connectivity index (χ3n) is 2.10. The number of anilines is 1. The number of hydrogen-bond acceptors (Lipinski definition) is 3. The van der Waals surface area contributed by atoms with E-state index in [1.807, 2.05) is 6.92 Å². The summed E-state index contributed by atoms with van der Waals surface area (Å²) in [6.07, 6.45) is 2.24. The molecule has 0 unspecified atom stereocenters. The molecule has 0 saturated carbocycles. The molecule has 5 heteroatoms. The molecule has 16 heavy (non-hydrogen) atoms. The summed E-state index contributed by atoms with van der Waals surface area (Å²) in [7, 11) is -3.50. The van der Waals surface area contributed by atoms with Gasteiger partial charge in [0.15, 0.2) is 0 Å². The van der Waals surface area contributed by atoms with Crippen molar-refractivity contribution in [2.75, 3.05) is 12.3 Å². The number of nitrogen functional groups attached to an aromatic ring is 1. The van der Waals surface area contributed by atoms with Crippen LogP contribution in [0.5, 0.6) is 0 Å². The standard InChI is InChI=1S/C11H16N2O2S/c1-3-4-7-13-16(14,15)11-6-5-9(2)8-10(11)12/h3,5-6,8,13H,1,4,7,12H2,2H3. The zero-order valence-corrected chi connectivity index (χ0v) is 10.0. The number of benzene rings is 1. The SMILES string of the molecule is C=CCCNS(=O)(=O)c1ccc(C)cc1N. The van der Waals surface area contributed by atoms with Crippen molar-refractivity contribution in [3.63, 3.8) is 0 Å². The maximum atomic E-state index is 11.8. The van der Waals surface area contributed by atoms with E-state index in [2.05, 4.69) is 11.3 Å². The van der Waals surface area contributed by atoms with Crippen LogP contribution in [-0.4, -0.2) is 15.0 Å². The van der Waals surface area contributed by atoms with Gasteiger partial charge < -0.3 is 5.73 Å². The molecule has 0 fully saturated rings. The lowest BCUT2D eigenvalue weighted by Crippen LogP contribution is -2.25. The maximum Gasteiger partial charge on any atom is 0.242 e. The van der Waals surface area contributed by atoms with Crippen LogP contribution in [0.1, 0.15) is 12.0 Å². The maximum absolute atomic E-state index is 11.8. The largest absolute Gasteiger partial charge is 0.398 e. The molecule has 0 aliphatic carbocycles. The van der Waals surface area contributed by atoms with E-state index < -0.39 is 10.0 Å². The molecule has 0 aliphatic heterocycles. The average molecular weight is 240 g/mol. The quantitative estimate of drug-likeness (QED) is 0.464. The molecule has 0 amide bonds. The summed E-state index contributed by atoms with van der Waals surface area (Å²) in [5.41, 5.74) is 6.87. The molecule has 1 aromatic carbocycles. The highest BCUT2D eigenvalue weighted by molar-refractivity contribution is 7.89. The molecule has 3 N–H and O–H groups in total. The lowest BCUT2D eigenvalue weighted by Gasteiger charge is -2.08. The number of aryl methyl sites for hydroxylation is 1. The normalized spacial score (nSPS) is 11.3. The molecule has 0 saturated heterocycles. The van der Waals surface area contributed by atoms with Crippen molar-refractivity contribution >= 4 is 15.7 Å². The van der Waals surface area contributed by atoms with Crippen molar-refractivity contribution in [2.45, 2.75) is 18.2 Å². The molecule has 0 spiro atoms. The first-order valence-electron chi connectivity index (χ1n) is 4.94. The van der Waals surface area contributed by atoms with Crippen molar-refractivity contribution in [2.24, 2.45) is 0 Å². The molecule has 88 valence electrons. The molecule has 0 aromatic heterocycles. The van der Waals surface area contributed by atoms with Gasteiger partial charge in [0, 0.05) is 6.54 Å². The molecule has 4 nitrogen and oxygen atoms in total. The lowest BCUT2D eigenvalue weighted by atomic mass is 10.2. The van der Waals surface area contributed by atoms with Gasteiger partial charge in [-0.3, -0.25) is 0 Å². The monoisotopic (exact) mass is 240 g/mol. The van der Waals surface area contributed by atoms with Gasteiger partial charge in [0.05, 0.1) is 5.69 Å². The Labute approximate surface area is 96.2 Å². The van der Waals surface area contributed by atoms with E-state index in [0.717, 1.165) is 5.56 Å². The Hall–Kier alpha value is -1.33. The second-order valence-corrected chi connectivity index (χ2v) is 5.25. The first-order chi connectivity index (χ1) is 7.47. The zero-order chi connectivity index (χ0) is 12.2. The van der Waals surface area contributed by atoms with Crippen LogP contribution in [0.2, 0.25) is 0 Å². The van der Waals surface area contributed by atoms with Crippen molar-refractivity contribution < 1.29 is 8.42 Å². The Morgan fingerprint density at radius 1 is 1.50 bits per heavy atom. The van der Waals surface area contributed by atoms with Crippen molar-refractivity contribution in [1.82, 2.24) is 4.72 Å². The van der Waals surface area contributed by atoms with Gasteiger partial charge >= 0.3 is 0 Å².